The van der Waals surface area contributed by atoms with Gasteiger partial charge >= 0.3 is 0 Å². The molecule has 0 aromatic heterocycles. The highest BCUT2D eigenvalue weighted by atomic mass is 32.2. The first-order chi connectivity index (χ1) is 10.5. The number of benzene rings is 1. The number of hydrogen-bond donors (Lipinski definition) is 2. The Bertz CT molecular complexity index is 673. The molecule has 0 radical (unpaired) electrons. The lowest BCUT2D eigenvalue weighted by atomic mass is 10.2. The zero-order valence-electron chi connectivity index (χ0n) is 12.0. The molecule has 6 nitrogen and oxygen atoms in total. The molecular formula is C15H18N2O4S. The first kappa shape index (κ1) is 16.5. The van der Waals surface area contributed by atoms with Crippen molar-refractivity contribution < 1.29 is 17.9 Å². The lowest BCUT2D eigenvalue weighted by molar-refractivity contribution is 0.0958. The van der Waals surface area contributed by atoms with Gasteiger partial charge in [-0.05, 0) is 31.0 Å². The van der Waals surface area contributed by atoms with Crippen LogP contribution in [0.15, 0.2) is 29.2 Å². The third kappa shape index (κ3) is 4.31. The van der Waals surface area contributed by atoms with E-state index in [4.69, 9.17) is 11.2 Å². The molecule has 1 heterocycles. The van der Waals surface area contributed by atoms with Crippen molar-refractivity contribution in [2.24, 2.45) is 0 Å². The molecular weight excluding hydrogens is 304 g/mol. The van der Waals surface area contributed by atoms with Crippen LogP contribution in [0.2, 0.25) is 0 Å². The molecule has 2 N–H and O–H groups in total. The quantitative estimate of drug-likeness (QED) is 0.747. The van der Waals surface area contributed by atoms with Crippen LogP contribution in [0.4, 0.5) is 0 Å². The number of terminal acetylenes is 1. The molecule has 2 rings (SSSR count). The van der Waals surface area contributed by atoms with Gasteiger partial charge in [0, 0.05) is 18.7 Å². The number of sulfonamides is 1. The topological polar surface area (TPSA) is 84.5 Å². The van der Waals surface area contributed by atoms with Gasteiger partial charge in [-0.25, -0.2) is 13.1 Å². The van der Waals surface area contributed by atoms with Gasteiger partial charge in [0.15, 0.2) is 0 Å². The van der Waals surface area contributed by atoms with E-state index in [1.54, 1.807) is 0 Å². The maximum Gasteiger partial charge on any atom is 0.252 e. The van der Waals surface area contributed by atoms with Crippen LogP contribution in [0, 0.1) is 12.3 Å². The number of carbonyl (C=O) groups is 1. The maximum atomic E-state index is 12.2. The fourth-order valence-corrected chi connectivity index (χ4v) is 3.24. The van der Waals surface area contributed by atoms with Crippen molar-refractivity contribution in [2.45, 2.75) is 23.8 Å². The van der Waals surface area contributed by atoms with E-state index in [0.29, 0.717) is 6.61 Å². The molecule has 1 saturated heterocycles. The number of ether oxygens (including phenoxy) is 1. The highest BCUT2D eigenvalue weighted by molar-refractivity contribution is 7.89. The fraction of sp³-hybridized carbons (Fsp3) is 0.400. The Morgan fingerprint density at radius 1 is 1.45 bits per heavy atom. The first-order valence-electron chi connectivity index (χ1n) is 6.96. The zero-order valence-corrected chi connectivity index (χ0v) is 12.9. The Labute approximate surface area is 130 Å². The molecule has 0 unspecified atom stereocenters. The summed E-state index contributed by atoms with van der Waals surface area (Å²) in [5.41, 5.74) is 0.246. The molecule has 22 heavy (non-hydrogen) atoms. The van der Waals surface area contributed by atoms with Gasteiger partial charge in [0.05, 0.1) is 17.5 Å². The van der Waals surface area contributed by atoms with Gasteiger partial charge < -0.3 is 10.1 Å². The van der Waals surface area contributed by atoms with Crippen LogP contribution in [0.5, 0.6) is 0 Å². The third-order valence-electron chi connectivity index (χ3n) is 3.28. The van der Waals surface area contributed by atoms with Crippen molar-refractivity contribution in [1.29, 1.82) is 0 Å². The summed E-state index contributed by atoms with van der Waals surface area (Å²) in [6, 6.07) is 5.82. The highest BCUT2D eigenvalue weighted by Crippen LogP contribution is 2.14. The Kier molecular flexibility index (Phi) is 5.55. The van der Waals surface area contributed by atoms with Gasteiger partial charge in [-0.3, -0.25) is 4.79 Å². The molecule has 7 heteroatoms. The zero-order chi connectivity index (χ0) is 16.0. The largest absolute Gasteiger partial charge is 0.377 e. The average molecular weight is 322 g/mol. The summed E-state index contributed by atoms with van der Waals surface area (Å²) in [7, 11) is -3.67. The predicted octanol–water partition coefficient (Wildman–Crippen LogP) is 0.507. The van der Waals surface area contributed by atoms with E-state index in [2.05, 4.69) is 16.0 Å². The summed E-state index contributed by atoms with van der Waals surface area (Å²) in [6.07, 6.45) is 6.77. The summed E-state index contributed by atoms with van der Waals surface area (Å²) < 4.78 is 32.4. The Morgan fingerprint density at radius 2 is 2.27 bits per heavy atom. The van der Waals surface area contributed by atoms with Gasteiger partial charge in [-0.15, -0.1) is 6.42 Å². The molecule has 1 atom stereocenters. The molecule has 1 aliphatic heterocycles. The van der Waals surface area contributed by atoms with Crippen molar-refractivity contribution >= 4 is 15.9 Å². The standard InChI is InChI=1S/C15H18N2O4S/c1-2-8-16-15(18)12-5-3-7-14(10-12)22(19,20)17-11-13-6-4-9-21-13/h1,3,5,7,10,13,17H,4,6,8-9,11H2,(H,16,18)/t13-/m0/s1. The molecule has 0 saturated carbocycles. The SMILES string of the molecule is C#CCNC(=O)c1cccc(S(=O)(=O)NC[C@@H]2CCCO2)c1. The van der Waals surface area contributed by atoms with Crippen LogP contribution in [-0.4, -0.2) is 40.1 Å². The monoisotopic (exact) mass is 322 g/mol. The second-order valence-electron chi connectivity index (χ2n) is 4.90. The number of amides is 1. The smallest absolute Gasteiger partial charge is 0.252 e. The van der Waals surface area contributed by atoms with E-state index < -0.39 is 15.9 Å². The lowest BCUT2D eigenvalue weighted by Gasteiger charge is -2.12. The molecule has 118 valence electrons. The van der Waals surface area contributed by atoms with Crippen LogP contribution in [0.3, 0.4) is 0 Å². The number of rotatable bonds is 6. The van der Waals surface area contributed by atoms with Gasteiger partial charge in [-0.1, -0.05) is 12.0 Å². The van der Waals surface area contributed by atoms with E-state index >= 15 is 0 Å². The van der Waals surface area contributed by atoms with E-state index in [-0.39, 0.29) is 29.7 Å². The maximum absolute atomic E-state index is 12.2. The Morgan fingerprint density at radius 3 is 2.95 bits per heavy atom. The molecule has 1 aromatic rings. The third-order valence-corrected chi connectivity index (χ3v) is 4.70. The van der Waals surface area contributed by atoms with Gasteiger partial charge in [0.1, 0.15) is 0 Å². The lowest BCUT2D eigenvalue weighted by Crippen LogP contribution is -2.32. The number of nitrogens with one attached hydrogen (secondary N) is 2. The average Bonchev–Trinajstić information content (AvgIpc) is 3.04. The normalized spacial score (nSPS) is 17.9. The van der Waals surface area contributed by atoms with E-state index in [9.17, 15) is 13.2 Å². The molecule has 0 aliphatic carbocycles. The van der Waals surface area contributed by atoms with Crippen LogP contribution in [-0.2, 0) is 14.8 Å². The predicted molar refractivity (Wildman–Crippen MR) is 81.8 cm³/mol. The first-order valence-corrected chi connectivity index (χ1v) is 8.44. The van der Waals surface area contributed by atoms with Crippen molar-refractivity contribution in [2.75, 3.05) is 19.7 Å². The van der Waals surface area contributed by atoms with Crippen molar-refractivity contribution in [3.05, 3.63) is 29.8 Å². The number of hydrogen-bond acceptors (Lipinski definition) is 4. The minimum absolute atomic E-state index is 0.0406. The molecule has 1 fully saturated rings. The summed E-state index contributed by atoms with van der Waals surface area (Å²) in [4.78, 5) is 11.8. The highest BCUT2D eigenvalue weighted by Gasteiger charge is 2.21. The van der Waals surface area contributed by atoms with Gasteiger partial charge in [0.2, 0.25) is 10.0 Å². The van der Waals surface area contributed by atoms with E-state index in [0.717, 1.165) is 12.8 Å². The molecule has 1 aliphatic rings. The van der Waals surface area contributed by atoms with Crippen LogP contribution >= 0.6 is 0 Å². The minimum Gasteiger partial charge on any atom is -0.377 e. The summed E-state index contributed by atoms with van der Waals surface area (Å²) in [5, 5.41) is 2.49. The summed E-state index contributed by atoms with van der Waals surface area (Å²) in [5.74, 6) is 1.88. The number of carbonyl (C=O) groups excluding carboxylic acids is 1. The van der Waals surface area contributed by atoms with Crippen LogP contribution < -0.4 is 10.0 Å². The van der Waals surface area contributed by atoms with Gasteiger partial charge in [0.25, 0.3) is 5.91 Å². The summed E-state index contributed by atoms with van der Waals surface area (Å²) in [6.45, 7) is 0.986. The van der Waals surface area contributed by atoms with Crippen LogP contribution in [0.1, 0.15) is 23.2 Å². The fourth-order valence-electron chi connectivity index (χ4n) is 2.13. The van der Waals surface area contributed by atoms with Crippen LogP contribution in [0.25, 0.3) is 0 Å². The second-order valence-corrected chi connectivity index (χ2v) is 6.67. The molecule has 1 amide bonds. The van der Waals surface area contributed by atoms with Crippen molar-refractivity contribution in [1.82, 2.24) is 10.0 Å². The minimum atomic E-state index is -3.67. The molecule has 1 aromatic carbocycles. The Hall–Kier alpha value is -1.88. The van der Waals surface area contributed by atoms with Gasteiger partial charge in [-0.2, -0.15) is 0 Å². The molecule has 0 spiro atoms. The van der Waals surface area contributed by atoms with Crippen molar-refractivity contribution in [3.8, 4) is 12.3 Å². The van der Waals surface area contributed by atoms with E-state index in [1.807, 2.05) is 0 Å². The Balaban J connectivity index is 2.06. The second kappa shape index (κ2) is 7.40. The van der Waals surface area contributed by atoms with E-state index in [1.165, 1.54) is 24.3 Å². The summed E-state index contributed by atoms with van der Waals surface area (Å²) >= 11 is 0. The molecule has 0 bridgehead atoms. The van der Waals surface area contributed by atoms with Crippen molar-refractivity contribution in [3.63, 3.8) is 0 Å².